The van der Waals surface area contributed by atoms with E-state index in [1.807, 2.05) is 6.92 Å². The number of nitrogens with zero attached hydrogens (tertiary/aromatic N) is 2. The summed E-state index contributed by atoms with van der Waals surface area (Å²) in [5.41, 5.74) is 7.07. The van der Waals surface area contributed by atoms with Gasteiger partial charge in [0.15, 0.2) is 0 Å². The molecule has 0 radical (unpaired) electrons. The monoisotopic (exact) mass is 243 g/mol. The SMILES string of the molecule is CC(CC(N)=S)N(C)C(=O)c1cncs1. The highest BCUT2D eigenvalue weighted by atomic mass is 32.1. The zero-order valence-electron chi connectivity index (χ0n) is 8.64. The third-order valence-corrected chi connectivity index (χ3v) is 3.05. The van der Waals surface area contributed by atoms with Crippen LogP contribution in [-0.2, 0) is 0 Å². The molecule has 0 aliphatic heterocycles. The van der Waals surface area contributed by atoms with Crippen molar-refractivity contribution in [3.8, 4) is 0 Å². The van der Waals surface area contributed by atoms with Gasteiger partial charge in [0.1, 0.15) is 4.88 Å². The van der Waals surface area contributed by atoms with Gasteiger partial charge >= 0.3 is 0 Å². The van der Waals surface area contributed by atoms with E-state index in [4.69, 9.17) is 18.0 Å². The molecular formula is C9H13N3OS2. The molecule has 1 rings (SSSR count). The van der Waals surface area contributed by atoms with Crippen molar-refractivity contribution in [3.05, 3.63) is 16.6 Å². The fourth-order valence-corrected chi connectivity index (χ4v) is 1.97. The number of thiazole rings is 1. The first-order valence-electron chi connectivity index (χ1n) is 4.46. The van der Waals surface area contributed by atoms with Gasteiger partial charge in [-0.05, 0) is 6.92 Å². The van der Waals surface area contributed by atoms with Crippen molar-refractivity contribution in [3.63, 3.8) is 0 Å². The van der Waals surface area contributed by atoms with E-state index >= 15 is 0 Å². The number of hydrogen-bond acceptors (Lipinski definition) is 4. The summed E-state index contributed by atoms with van der Waals surface area (Å²) >= 11 is 6.14. The van der Waals surface area contributed by atoms with E-state index in [0.717, 1.165) is 0 Å². The fourth-order valence-electron chi connectivity index (χ4n) is 1.12. The summed E-state index contributed by atoms with van der Waals surface area (Å²) in [6, 6.07) is 0.0112. The lowest BCUT2D eigenvalue weighted by molar-refractivity contribution is 0.0753. The van der Waals surface area contributed by atoms with Crippen LogP contribution < -0.4 is 5.73 Å². The molecular weight excluding hydrogens is 230 g/mol. The first-order chi connectivity index (χ1) is 7.02. The van der Waals surface area contributed by atoms with Gasteiger partial charge in [0.05, 0.1) is 16.7 Å². The highest BCUT2D eigenvalue weighted by Crippen LogP contribution is 2.12. The van der Waals surface area contributed by atoms with E-state index in [1.165, 1.54) is 11.3 Å². The van der Waals surface area contributed by atoms with E-state index in [2.05, 4.69) is 4.98 Å². The fraction of sp³-hybridized carbons (Fsp3) is 0.444. The summed E-state index contributed by atoms with van der Waals surface area (Å²) in [6.45, 7) is 1.91. The van der Waals surface area contributed by atoms with Gasteiger partial charge in [0, 0.05) is 19.5 Å². The Bertz CT molecular complexity index is 350. The molecule has 1 aromatic heterocycles. The molecule has 0 aliphatic rings. The standard InChI is InChI=1S/C9H13N3OS2/c1-6(3-8(10)14)12(2)9(13)7-4-11-5-15-7/h4-6H,3H2,1-2H3,(H2,10,14). The van der Waals surface area contributed by atoms with Crippen molar-refractivity contribution in [1.29, 1.82) is 0 Å². The maximum absolute atomic E-state index is 11.8. The van der Waals surface area contributed by atoms with Gasteiger partial charge in [-0.3, -0.25) is 9.78 Å². The van der Waals surface area contributed by atoms with Crippen LogP contribution in [0.2, 0.25) is 0 Å². The molecule has 0 fully saturated rings. The predicted octanol–water partition coefficient (Wildman–Crippen LogP) is 1.28. The average molecular weight is 243 g/mol. The zero-order chi connectivity index (χ0) is 11.4. The second-order valence-corrected chi connectivity index (χ2v) is 4.71. The van der Waals surface area contributed by atoms with Crippen LogP contribution in [-0.4, -0.2) is 33.9 Å². The van der Waals surface area contributed by atoms with E-state index in [9.17, 15) is 4.79 Å². The van der Waals surface area contributed by atoms with Crippen molar-refractivity contribution in [2.45, 2.75) is 19.4 Å². The molecule has 6 heteroatoms. The van der Waals surface area contributed by atoms with Crippen molar-refractivity contribution >= 4 is 34.5 Å². The Morgan fingerprint density at radius 3 is 2.93 bits per heavy atom. The number of hydrogen-bond donors (Lipinski definition) is 1. The topological polar surface area (TPSA) is 59.2 Å². The molecule has 1 aromatic rings. The first-order valence-corrected chi connectivity index (χ1v) is 5.75. The molecule has 0 saturated carbocycles. The van der Waals surface area contributed by atoms with Crippen LogP contribution in [0.4, 0.5) is 0 Å². The number of rotatable bonds is 4. The van der Waals surface area contributed by atoms with Gasteiger partial charge in [-0.2, -0.15) is 0 Å². The third-order valence-electron chi connectivity index (χ3n) is 2.12. The average Bonchev–Trinajstić information content (AvgIpc) is 2.67. The minimum Gasteiger partial charge on any atom is -0.393 e. The Hall–Kier alpha value is -1.01. The quantitative estimate of drug-likeness (QED) is 0.809. The highest BCUT2D eigenvalue weighted by molar-refractivity contribution is 7.80. The van der Waals surface area contributed by atoms with E-state index in [1.54, 1.807) is 23.7 Å². The molecule has 1 heterocycles. The molecule has 2 N–H and O–H groups in total. The van der Waals surface area contributed by atoms with Crippen LogP contribution in [0.3, 0.4) is 0 Å². The summed E-state index contributed by atoms with van der Waals surface area (Å²) in [5, 5.41) is 0. The second kappa shape index (κ2) is 5.18. The summed E-state index contributed by atoms with van der Waals surface area (Å²) in [4.78, 5) is 18.4. The molecule has 0 aromatic carbocycles. The number of thiocarbonyl (C=S) groups is 1. The Labute approximate surface area is 98.1 Å². The number of nitrogens with two attached hydrogens (primary N) is 1. The third kappa shape index (κ3) is 3.24. The second-order valence-electron chi connectivity index (χ2n) is 3.30. The maximum Gasteiger partial charge on any atom is 0.265 e. The van der Waals surface area contributed by atoms with Crippen LogP contribution in [0.25, 0.3) is 0 Å². The van der Waals surface area contributed by atoms with Gasteiger partial charge in [-0.15, -0.1) is 11.3 Å². The number of aromatic nitrogens is 1. The van der Waals surface area contributed by atoms with Gasteiger partial charge in [-0.25, -0.2) is 0 Å². The largest absolute Gasteiger partial charge is 0.393 e. The lowest BCUT2D eigenvalue weighted by Gasteiger charge is -2.23. The van der Waals surface area contributed by atoms with E-state index < -0.39 is 0 Å². The number of carbonyl (C=O) groups is 1. The van der Waals surface area contributed by atoms with Crippen molar-refractivity contribution in [2.75, 3.05) is 7.05 Å². The van der Waals surface area contributed by atoms with Crippen LogP contribution in [0.1, 0.15) is 23.0 Å². The first kappa shape index (κ1) is 12.1. The summed E-state index contributed by atoms with van der Waals surface area (Å²) < 4.78 is 0. The highest BCUT2D eigenvalue weighted by Gasteiger charge is 2.18. The van der Waals surface area contributed by atoms with Gasteiger partial charge in [0.2, 0.25) is 0 Å². The van der Waals surface area contributed by atoms with Gasteiger partial charge in [-0.1, -0.05) is 12.2 Å². The molecule has 1 unspecified atom stereocenters. The summed E-state index contributed by atoms with van der Waals surface area (Å²) in [6.07, 6.45) is 2.10. The lowest BCUT2D eigenvalue weighted by atomic mass is 10.2. The van der Waals surface area contributed by atoms with Crippen molar-refractivity contribution < 1.29 is 4.79 Å². The minimum absolute atomic E-state index is 0.0112. The Morgan fingerprint density at radius 1 is 1.80 bits per heavy atom. The molecule has 82 valence electrons. The summed E-state index contributed by atoms with van der Waals surface area (Å²) in [7, 11) is 1.74. The Morgan fingerprint density at radius 2 is 2.47 bits per heavy atom. The Balaban J connectivity index is 2.64. The number of carbonyl (C=O) groups excluding carboxylic acids is 1. The smallest absolute Gasteiger partial charge is 0.265 e. The van der Waals surface area contributed by atoms with Crippen LogP contribution in [0.5, 0.6) is 0 Å². The van der Waals surface area contributed by atoms with E-state index in [-0.39, 0.29) is 11.9 Å². The molecule has 15 heavy (non-hydrogen) atoms. The predicted molar refractivity (Wildman–Crippen MR) is 65.1 cm³/mol. The molecule has 1 amide bonds. The lowest BCUT2D eigenvalue weighted by Crippen LogP contribution is -2.37. The molecule has 0 bridgehead atoms. The minimum atomic E-state index is -0.0405. The maximum atomic E-state index is 11.8. The van der Waals surface area contributed by atoms with Crippen molar-refractivity contribution in [1.82, 2.24) is 9.88 Å². The molecule has 0 saturated heterocycles. The molecule has 4 nitrogen and oxygen atoms in total. The summed E-state index contributed by atoms with van der Waals surface area (Å²) in [5.74, 6) is -0.0405. The molecule has 0 spiro atoms. The zero-order valence-corrected chi connectivity index (χ0v) is 10.3. The molecule has 0 aliphatic carbocycles. The van der Waals surface area contributed by atoms with E-state index in [0.29, 0.717) is 16.3 Å². The van der Waals surface area contributed by atoms with Crippen molar-refractivity contribution in [2.24, 2.45) is 5.73 Å². The molecule has 1 atom stereocenters. The van der Waals surface area contributed by atoms with Crippen LogP contribution in [0.15, 0.2) is 11.7 Å². The van der Waals surface area contributed by atoms with Crippen LogP contribution >= 0.6 is 23.6 Å². The van der Waals surface area contributed by atoms with Gasteiger partial charge < -0.3 is 10.6 Å². The van der Waals surface area contributed by atoms with Gasteiger partial charge in [0.25, 0.3) is 5.91 Å². The Kier molecular flexibility index (Phi) is 4.16. The normalized spacial score (nSPS) is 12.1. The van der Waals surface area contributed by atoms with Crippen LogP contribution in [0, 0.1) is 0 Å². The number of amides is 1.